The number of hydrogen-bond donors (Lipinski definition) is 2. The lowest BCUT2D eigenvalue weighted by Crippen LogP contribution is -2.44. The summed E-state index contributed by atoms with van der Waals surface area (Å²) in [6, 6.07) is 21.2. The first-order valence-corrected chi connectivity index (χ1v) is 11.8. The maximum absolute atomic E-state index is 13.2. The van der Waals surface area contributed by atoms with Crippen LogP contribution in [-0.4, -0.2) is 49.3 Å². The van der Waals surface area contributed by atoms with Crippen LogP contribution in [0.3, 0.4) is 0 Å². The fourth-order valence-electron chi connectivity index (χ4n) is 4.19. The predicted octanol–water partition coefficient (Wildman–Crippen LogP) is 2.69. The van der Waals surface area contributed by atoms with E-state index in [1.807, 2.05) is 18.2 Å². The molecule has 2 N–H and O–H groups in total. The molecule has 0 unspecified atom stereocenters. The van der Waals surface area contributed by atoms with Crippen LogP contribution in [0.15, 0.2) is 83.8 Å². The van der Waals surface area contributed by atoms with E-state index in [0.717, 1.165) is 0 Å². The minimum Gasteiger partial charge on any atom is -0.495 e. The van der Waals surface area contributed by atoms with E-state index in [9.17, 15) is 14.4 Å². The molecule has 2 heterocycles. The summed E-state index contributed by atoms with van der Waals surface area (Å²) in [6.45, 7) is 0.288. The van der Waals surface area contributed by atoms with Gasteiger partial charge >= 0.3 is 0 Å². The highest BCUT2D eigenvalue weighted by Crippen LogP contribution is 2.30. The van der Waals surface area contributed by atoms with E-state index in [-0.39, 0.29) is 36.2 Å². The molecule has 9 heteroatoms. The Hall–Kier alpha value is -4.79. The van der Waals surface area contributed by atoms with E-state index >= 15 is 0 Å². The smallest absolute Gasteiger partial charge is 0.263 e. The highest BCUT2D eigenvalue weighted by molar-refractivity contribution is 6.07. The second-order valence-corrected chi connectivity index (χ2v) is 8.42. The van der Waals surface area contributed by atoms with Crippen molar-refractivity contribution < 1.29 is 23.8 Å². The first-order valence-electron chi connectivity index (χ1n) is 11.8. The van der Waals surface area contributed by atoms with E-state index in [1.54, 1.807) is 54.6 Å². The van der Waals surface area contributed by atoms with Crippen LogP contribution in [0.4, 0.5) is 0 Å². The number of rotatable bonds is 7. The van der Waals surface area contributed by atoms with Gasteiger partial charge < -0.3 is 24.8 Å². The molecule has 0 spiro atoms. The third-order valence-corrected chi connectivity index (χ3v) is 6.02. The number of carbonyl (C=O) groups excluding carboxylic acids is 2. The Balaban J connectivity index is 1.30. The van der Waals surface area contributed by atoms with Gasteiger partial charge in [0.05, 0.1) is 31.5 Å². The van der Waals surface area contributed by atoms with Gasteiger partial charge in [-0.1, -0.05) is 42.5 Å². The zero-order valence-corrected chi connectivity index (χ0v) is 20.1. The molecular formula is C28H25N3O6. The molecule has 9 nitrogen and oxygen atoms in total. The molecule has 4 aromatic rings. The summed E-state index contributed by atoms with van der Waals surface area (Å²) < 4.78 is 18.3. The number of ether oxygens (including phenoxy) is 3. The van der Waals surface area contributed by atoms with Crippen molar-refractivity contribution in [2.24, 2.45) is 0 Å². The van der Waals surface area contributed by atoms with Crippen molar-refractivity contribution in [3.05, 3.63) is 94.9 Å². The predicted molar refractivity (Wildman–Crippen MR) is 138 cm³/mol. The molecule has 1 aliphatic heterocycles. The van der Waals surface area contributed by atoms with E-state index < -0.39 is 5.91 Å². The minimum atomic E-state index is -0.485. The lowest BCUT2D eigenvalue weighted by molar-refractivity contribution is -0.120. The Bertz CT molecular complexity index is 1530. The number of para-hydroxylation sites is 4. The molecule has 1 atom stereocenters. The fourth-order valence-corrected chi connectivity index (χ4v) is 4.19. The van der Waals surface area contributed by atoms with Crippen LogP contribution in [0.5, 0.6) is 17.2 Å². The molecule has 37 heavy (non-hydrogen) atoms. The molecule has 5 rings (SSSR count). The van der Waals surface area contributed by atoms with Gasteiger partial charge in [0.2, 0.25) is 5.91 Å². The minimum absolute atomic E-state index is 0.227. The number of pyridine rings is 1. The molecule has 1 aliphatic rings. The average molecular weight is 500 g/mol. The molecule has 2 amide bonds. The van der Waals surface area contributed by atoms with Gasteiger partial charge in [-0.05, 0) is 30.3 Å². The monoisotopic (exact) mass is 499 g/mol. The molecule has 0 saturated heterocycles. The number of methoxy groups -OCH3 is 1. The van der Waals surface area contributed by atoms with E-state index in [1.165, 1.54) is 17.9 Å². The molecule has 0 bridgehead atoms. The van der Waals surface area contributed by atoms with Crippen molar-refractivity contribution in [2.75, 3.05) is 26.8 Å². The lowest BCUT2D eigenvalue weighted by atomic mass is 10.1. The third kappa shape index (κ3) is 4.97. The summed E-state index contributed by atoms with van der Waals surface area (Å²) in [4.78, 5) is 38.9. The molecule has 0 fully saturated rings. The van der Waals surface area contributed by atoms with Crippen molar-refractivity contribution in [3.63, 3.8) is 0 Å². The molecule has 0 aliphatic carbocycles. The molecule has 3 aromatic carbocycles. The summed E-state index contributed by atoms with van der Waals surface area (Å²) >= 11 is 0. The SMILES string of the molecule is COc1ccccc1-n1cc(C(=O)NCC(=O)NC[C@@H]2COc3ccccc3O2)c2ccccc2c1=O. The Kier molecular flexibility index (Phi) is 6.76. The number of fused-ring (bicyclic) bond motifs is 2. The zero-order valence-electron chi connectivity index (χ0n) is 20.1. The fraction of sp³-hybridized carbons (Fsp3) is 0.179. The van der Waals surface area contributed by atoms with Crippen molar-refractivity contribution in [1.29, 1.82) is 0 Å². The maximum Gasteiger partial charge on any atom is 0.263 e. The Morgan fingerprint density at radius 2 is 1.65 bits per heavy atom. The Morgan fingerprint density at radius 3 is 2.46 bits per heavy atom. The summed E-state index contributed by atoms with van der Waals surface area (Å²) in [5, 5.41) is 6.27. The number of aromatic nitrogens is 1. The number of hydrogen-bond acceptors (Lipinski definition) is 6. The van der Waals surface area contributed by atoms with E-state index in [2.05, 4.69) is 10.6 Å². The number of nitrogens with zero attached hydrogens (tertiary/aromatic N) is 1. The van der Waals surface area contributed by atoms with Gasteiger partial charge in [-0.15, -0.1) is 0 Å². The summed E-state index contributed by atoms with van der Waals surface area (Å²) in [6.07, 6.45) is 1.13. The Labute approximate surface area is 212 Å². The number of benzene rings is 3. The number of nitrogens with one attached hydrogen (secondary N) is 2. The van der Waals surface area contributed by atoms with Gasteiger partial charge in [0.25, 0.3) is 11.5 Å². The van der Waals surface area contributed by atoms with Crippen LogP contribution in [-0.2, 0) is 4.79 Å². The quantitative estimate of drug-likeness (QED) is 0.405. The van der Waals surface area contributed by atoms with Gasteiger partial charge in [-0.3, -0.25) is 19.0 Å². The second-order valence-electron chi connectivity index (χ2n) is 8.42. The van der Waals surface area contributed by atoms with Crippen LogP contribution in [0.2, 0.25) is 0 Å². The lowest BCUT2D eigenvalue weighted by Gasteiger charge is -2.26. The summed E-state index contributed by atoms with van der Waals surface area (Å²) in [5.74, 6) is 0.916. The standard InChI is InChI=1S/C28H25N3O6/c1-35-23-11-5-4-10-22(23)31-16-21(19-8-2-3-9-20(19)28(31)34)27(33)30-15-26(32)29-14-18-17-36-24-12-6-7-13-25(24)37-18/h2-13,16,18H,14-15,17H2,1H3,(H,29,32)(H,30,33)/t18-/m1/s1. The summed E-state index contributed by atoms with van der Waals surface area (Å²) in [5.41, 5.74) is 0.476. The first-order chi connectivity index (χ1) is 18.0. The van der Waals surface area contributed by atoms with E-state index in [4.69, 9.17) is 14.2 Å². The van der Waals surface area contributed by atoms with Gasteiger partial charge in [-0.25, -0.2) is 0 Å². The first kappa shape index (κ1) is 23.9. The average Bonchev–Trinajstić information content (AvgIpc) is 2.95. The molecular weight excluding hydrogens is 474 g/mol. The van der Waals surface area contributed by atoms with Gasteiger partial charge in [-0.2, -0.15) is 0 Å². The molecule has 188 valence electrons. The second kappa shape index (κ2) is 10.4. The van der Waals surface area contributed by atoms with E-state index in [0.29, 0.717) is 40.3 Å². The summed E-state index contributed by atoms with van der Waals surface area (Å²) in [7, 11) is 1.51. The normalized spacial score (nSPS) is 14.1. The number of amides is 2. The van der Waals surface area contributed by atoms with Crippen LogP contribution in [0.25, 0.3) is 16.5 Å². The zero-order chi connectivity index (χ0) is 25.8. The largest absolute Gasteiger partial charge is 0.495 e. The van der Waals surface area contributed by atoms with Gasteiger partial charge in [0, 0.05) is 17.0 Å². The van der Waals surface area contributed by atoms with Gasteiger partial charge in [0.1, 0.15) is 18.5 Å². The van der Waals surface area contributed by atoms with Crippen LogP contribution in [0.1, 0.15) is 10.4 Å². The topological polar surface area (TPSA) is 108 Å². The van der Waals surface area contributed by atoms with Crippen LogP contribution in [0, 0.1) is 0 Å². The van der Waals surface area contributed by atoms with Crippen molar-refractivity contribution >= 4 is 22.6 Å². The molecule has 1 aromatic heterocycles. The molecule has 0 saturated carbocycles. The van der Waals surface area contributed by atoms with Crippen LogP contribution < -0.4 is 30.4 Å². The van der Waals surface area contributed by atoms with Crippen molar-refractivity contribution in [1.82, 2.24) is 15.2 Å². The van der Waals surface area contributed by atoms with Gasteiger partial charge in [0.15, 0.2) is 11.5 Å². The molecule has 0 radical (unpaired) electrons. The van der Waals surface area contributed by atoms with Crippen molar-refractivity contribution in [3.8, 4) is 22.9 Å². The maximum atomic E-state index is 13.2. The highest BCUT2D eigenvalue weighted by atomic mass is 16.6. The van der Waals surface area contributed by atoms with Crippen LogP contribution >= 0.6 is 0 Å². The number of carbonyl (C=O) groups is 2. The highest BCUT2D eigenvalue weighted by Gasteiger charge is 2.22. The van der Waals surface area contributed by atoms with Crippen molar-refractivity contribution in [2.45, 2.75) is 6.10 Å². The third-order valence-electron chi connectivity index (χ3n) is 6.02. The Morgan fingerprint density at radius 1 is 0.946 bits per heavy atom.